The zero-order valence-corrected chi connectivity index (χ0v) is 8.80. The number of hydrogen-bond donors (Lipinski definition) is 0. The molecule has 0 amide bonds. The fraction of sp³-hybridized carbons (Fsp3) is 0.333. The fourth-order valence-corrected chi connectivity index (χ4v) is 0. The molecule has 6 heavy (non-hydrogen) atoms. The quantitative estimate of drug-likeness (QED) is 0.665. The van der Waals surface area contributed by atoms with Crippen molar-refractivity contribution in [2.75, 3.05) is 6.26 Å². The SMILES string of the molecule is CS[C-]=O.[CH3-].[U+2]. The van der Waals surface area contributed by atoms with Gasteiger partial charge >= 0.3 is 31.1 Å². The summed E-state index contributed by atoms with van der Waals surface area (Å²) in [6.45, 7) is 0. The van der Waals surface area contributed by atoms with Crippen molar-refractivity contribution >= 4 is 17.4 Å². The monoisotopic (exact) mass is 328 g/mol. The van der Waals surface area contributed by atoms with Crippen molar-refractivity contribution in [2.45, 2.75) is 0 Å². The largest absolute Gasteiger partial charge is 2.00 e. The summed E-state index contributed by atoms with van der Waals surface area (Å²) in [5.41, 5.74) is 1.60. The predicted molar refractivity (Wildman–Crippen MR) is 25.6 cm³/mol. The van der Waals surface area contributed by atoms with Crippen molar-refractivity contribution in [2.24, 2.45) is 0 Å². The van der Waals surface area contributed by atoms with Gasteiger partial charge in [-0.1, -0.05) is 0 Å². The molecule has 0 rings (SSSR count). The van der Waals surface area contributed by atoms with E-state index in [9.17, 15) is 0 Å². The van der Waals surface area contributed by atoms with Crippen molar-refractivity contribution in [3.63, 3.8) is 0 Å². The summed E-state index contributed by atoms with van der Waals surface area (Å²) in [5.74, 6) is 0. The number of thioether (sulfide) groups is 1. The first-order valence-corrected chi connectivity index (χ1v) is 2.04. The molecule has 34 valence electrons. The number of carbonyl (C=O) groups excluding carboxylic acids is 1. The molecule has 0 aliphatic carbocycles. The molecule has 0 atom stereocenters. The Kier molecular flexibility index (Phi) is 43.4. The van der Waals surface area contributed by atoms with Crippen LogP contribution in [0.3, 0.4) is 0 Å². The maximum Gasteiger partial charge on any atom is 2.00 e. The van der Waals surface area contributed by atoms with Gasteiger partial charge in [-0.25, -0.2) is 5.62 Å². The van der Waals surface area contributed by atoms with Crippen molar-refractivity contribution in [1.82, 2.24) is 0 Å². The molecule has 0 radical (unpaired) electrons. The van der Waals surface area contributed by atoms with Gasteiger partial charge in [-0.2, -0.15) is 0 Å². The van der Waals surface area contributed by atoms with Crippen LogP contribution < -0.4 is 0 Å². The van der Waals surface area contributed by atoms with E-state index in [1.165, 1.54) is 0 Å². The maximum atomic E-state index is 9.01. The first kappa shape index (κ1) is 15.7. The second-order valence-electron chi connectivity index (χ2n) is 0.287. The van der Waals surface area contributed by atoms with Gasteiger partial charge in [0.25, 0.3) is 0 Å². The zero-order chi connectivity index (χ0) is 3.41. The molecule has 0 bridgehead atoms. The minimum Gasteiger partial charge on any atom is -0.530 e. The summed E-state index contributed by atoms with van der Waals surface area (Å²) in [7, 11) is 0. The van der Waals surface area contributed by atoms with Crippen LogP contribution in [-0.2, 0) is 4.79 Å². The summed E-state index contributed by atoms with van der Waals surface area (Å²) in [5, 5.41) is 0. The molecular formula is C3H6OSU. The topological polar surface area (TPSA) is 17.1 Å². The number of rotatable bonds is 1. The van der Waals surface area contributed by atoms with Crippen LogP contribution in [0.4, 0.5) is 0 Å². The van der Waals surface area contributed by atoms with E-state index in [0.717, 1.165) is 11.8 Å². The molecule has 0 heterocycles. The predicted octanol–water partition coefficient (Wildman–Crippen LogP) is 0.867. The van der Waals surface area contributed by atoms with Gasteiger partial charge in [0.15, 0.2) is 0 Å². The summed E-state index contributed by atoms with van der Waals surface area (Å²) in [6.07, 6.45) is 1.67. The molecule has 0 aromatic heterocycles. The standard InChI is InChI=1S/C2H3OS.CH3.U/c1-4-2-3;;/h1H3;1H3;/q2*-1;+2. The van der Waals surface area contributed by atoms with E-state index in [1.54, 1.807) is 11.9 Å². The molecule has 0 aromatic carbocycles. The van der Waals surface area contributed by atoms with Gasteiger partial charge in [-0.15, -0.1) is 0 Å². The second-order valence-corrected chi connectivity index (χ2v) is 0.862. The van der Waals surface area contributed by atoms with Crippen LogP contribution in [0.5, 0.6) is 0 Å². The van der Waals surface area contributed by atoms with Crippen LogP contribution in [0.15, 0.2) is 0 Å². The van der Waals surface area contributed by atoms with Crippen LogP contribution in [0, 0.1) is 38.5 Å². The Morgan fingerprint density at radius 3 is 1.83 bits per heavy atom. The van der Waals surface area contributed by atoms with Gasteiger partial charge in [0.05, 0.1) is 0 Å². The first-order chi connectivity index (χ1) is 1.91. The van der Waals surface area contributed by atoms with Gasteiger partial charge in [0.1, 0.15) is 0 Å². The van der Waals surface area contributed by atoms with E-state index in [-0.39, 0.29) is 38.5 Å². The van der Waals surface area contributed by atoms with Crippen molar-refractivity contribution in [3.8, 4) is 0 Å². The fourth-order valence-electron chi connectivity index (χ4n) is 0. The Balaban J connectivity index is -0.0000000450. The van der Waals surface area contributed by atoms with Crippen LogP contribution >= 0.6 is 11.8 Å². The van der Waals surface area contributed by atoms with Crippen LogP contribution in [0.25, 0.3) is 0 Å². The minimum absolute atomic E-state index is 0. The minimum atomic E-state index is 0. The second kappa shape index (κ2) is 16.6. The Morgan fingerprint density at radius 2 is 1.83 bits per heavy atom. The molecule has 0 aliphatic rings. The van der Waals surface area contributed by atoms with E-state index >= 15 is 0 Å². The van der Waals surface area contributed by atoms with Gasteiger partial charge in [-0.3, -0.25) is 0 Å². The third-order valence-electron chi connectivity index (χ3n) is 0.0833. The Labute approximate surface area is 66.6 Å². The summed E-state index contributed by atoms with van der Waals surface area (Å²) in [4.78, 5) is 9.01. The van der Waals surface area contributed by atoms with Gasteiger partial charge in [0, 0.05) is 0 Å². The molecule has 0 saturated heterocycles. The van der Waals surface area contributed by atoms with Gasteiger partial charge in [-0.05, 0) is 6.26 Å². The van der Waals surface area contributed by atoms with Crippen LogP contribution in [0.2, 0.25) is 0 Å². The molecule has 0 spiro atoms. The zero-order valence-electron chi connectivity index (χ0n) is 3.82. The third kappa shape index (κ3) is 19.6. The van der Waals surface area contributed by atoms with E-state index in [0.29, 0.717) is 0 Å². The summed E-state index contributed by atoms with van der Waals surface area (Å²) in [6, 6.07) is 0. The van der Waals surface area contributed by atoms with Crippen LogP contribution in [-0.4, -0.2) is 11.9 Å². The Hall–Kier alpha value is 1.07. The van der Waals surface area contributed by atoms with Gasteiger partial charge < -0.3 is 24.0 Å². The smallest absolute Gasteiger partial charge is 0.530 e. The van der Waals surface area contributed by atoms with E-state index in [4.69, 9.17) is 4.79 Å². The molecular weight excluding hydrogens is 322 g/mol. The third-order valence-corrected chi connectivity index (χ3v) is 0.250. The average Bonchev–Trinajstić information content (AvgIpc) is 1.37. The summed E-state index contributed by atoms with van der Waals surface area (Å²) >= 11 is 1.05. The normalized spacial score (nSPS) is 4.17. The average molecular weight is 328 g/mol. The van der Waals surface area contributed by atoms with Gasteiger partial charge in [0.2, 0.25) is 0 Å². The van der Waals surface area contributed by atoms with Crippen molar-refractivity contribution < 1.29 is 35.9 Å². The maximum absolute atomic E-state index is 9.01. The Morgan fingerprint density at radius 1 is 1.67 bits per heavy atom. The number of hydrogen-bond acceptors (Lipinski definition) is 2. The molecule has 0 N–H and O–H groups in total. The molecule has 1 nitrogen and oxygen atoms in total. The van der Waals surface area contributed by atoms with Crippen molar-refractivity contribution in [3.05, 3.63) is 7.43 Å². The van der Waals surface area contributed by atoms with Crippen LogP contribution in [0.1, 0.15) is 0 Å². The molecule has 0 aliphatic heterocycles. The van der Waals surface area contributed by atoms with E-state index in [2.05, 4.69) is 0 Å². The summed E-state index contributed by atoms with van der Waals surface area (Å²) < 4.78 is 0. The van der Waals surface area contributed by atoms with E-state index in [1.807, 2.05) is 0 Å². The molecule has 0 fully saturated rings. The van der Waals surface area contributed by atoms with E-state index < -0.39 is 0 Å². The molecule has 0 unspecified atom stereocenters. The Bertz CT molecular complexity index is 24.8. The van der Waals surface area contributed by atoms with Crippen molar-refractivity contribution in [1.29, 1.82) is 0 Å². The molecule has 0 aromatic rings. The molecule has 3 heteroatoms. The first-order valence-electron chi connectivity index (χ1n) is 0.816. The molecule has 0 saturated carbocycles.